The summed E-state index contributed by atoms with van der Waals surface area (Å²) in [5.41, 5.74) is 0. The zero-order chi connectivity index (χ0) is 12.5. The molecule has 3 atom stereocenters. The SMILES string of the molecule is O=CN1CCN(C(=S)N[C@H]2C[C@@H]3CC[C@H]2C3)CC1. The highest BCUT2D eigenvalue weighted by molar-refractivity contribution is 7.80. The number of carbonyl (C=O) groups excluding carboxylic acids is 1. The lowest BCUT2D eigenvalue weighted by Crippen LogP contribution is -2.53. The number of nitrogens with zero attached hydrogens (tertiary/aromatic N) is 2. The summed E-state index contributed by atoms with van der Waals surface area (Å²) in [6, 6.07) is 0.611. The van der Waals surface area contributed by atoms with Gasteiger partial charge in [-0.3, -0.25) is 4.79 Å². The van der Waals surface area contributed by atoms with Gasteiger partial charge in [-0.15, -0.1) is 0 Å². The largest absolute Gasteiger partial charge is 0.360 e. The Kier molecular flexibility index (Phi) is 3.41. The third-order valence-corrected chi connectivity index (χ3v) is 5.17. The fourth-order valence-electron chi connectivity index (χ4n) is 3.70. The number of nitrogens with one attached hydrogen (secondary N) is 1. The van der Waals surface area contributed by atoms with Crippen LogP contribution in [0.15, 0.2) is 0 Å². The molecule has 100 valence electrons. The van der Waals surface area contributed by atoms with Crippen LogP contribution >= 0.6 is 12.2 Å². The molecule has 5 heteroatoms. The van der Waals surface area contributed by atoms with Gasteiger partial charge in [0.25, 0.3) is 0 Å². The van der Waals surface area contributed by atoms with Gasteiger partial charge in [-0.1, -0.05) is 6.42 Å². The molecule has 3 rings (SSSR count). The Labute approximate surface area is 114 Å². The van der Waals surface area contributed by atoms with Gasteiger partial charge in [0.05, 0.1) is 0 Å². The van der Waals surface area contributed by atoms with Gasteiger partial charge in [-0.25, -0.2) is 0 Å². The molecule has 2 bridgehead atoms. The Balaban J connectivity index is 1.48. The summed E-state index contributed by atoms with van der Waals surface area (Å²) < 4.78 is 0. The summed E-state index contributed by atoms with van der Waals surface area (Å²) >= 11 is 5.51. The molecule has 2 saturated carbocycles. The van der Waals surface area contributed by atoms with Gasteiger partial charge in [0.1, 0.15) is 0 Å². The lowest BCUT2D eigenvalue weighted by Gasteiger charge is -2.36. The van der Waals surface area contributed by atoms with E-state index < -0.39 is 0 Å². The monoisotopic (exact) mass is 267 g/mol. The zero-order valence-corrected chi connectivity index (χ0v) is 11.5. The summed E-state index contributed by atoms with van der Waals surface area (Å²) in [5, 5.41) is 4.46. The smallest absolute Gasteiger partial charge is 0.209 e. The number of rotatable bonds is 2. The van der Waals surface area contributed by atoms with E-state index in [1.165, 1.54) is 25.7 Å². The summed E-state index contributed by atoms with van der Waals surface area (Å²) in [7, 11) is 0. The predicted octanol–water partition coefficient (Wildman–Crippen LogP) is 0.823. The molecule has 1 saturated heterocycles. The van der Waals surface area contributed by atoms with E-state index in [2.05, 4.69) is 10.2 Å². The van der Waals surface area contributed by atoms with Crippen LogP contribution in [0.5, 0.6) is 0 Å². The van der Waals surface area contributed by atoms with E-state index in [9.17, 15) is 4.79 Å². The minimum atomic E-state index is 0.611. The van der Waals surface area contributed by atoms with Gasteiger partial charge < -0.3 is 15.1 Å². The van der Waals surface area contributed by atoms with Gasteiger partial charge in [-0.05, 0) is 43.3 Å². The van der Waals surface area contributed by atoms with E-state index in [1.54, 1.807) is 0 Å². The Bertz CT molecular complexity index is 341. The summed E-state index contributed by atoms with van der Waals surface area (Å²) in [5.74, 6) is 1.80. The van der Waals surface area contributed by atoms with Crippen molar-refractivity contribution in [2.24, 2.45) is 11.8 Å². The highest BCUT2D eigenvalue weighted by Crippen LogP contribution is 2.44. The number of hydrogen-bond donors (Lipinski definition) is 1. The van der Waals surface area contributed by atoms with Crippen LogP contribution in [-0.2, 0) is 4.79 Å². The Morgan fingerprint density at radius 2 is 1.94 bits per heavy atom. The first-order valence-corrected chi connectivity index (χ1v) is 7.42. The topological polar surface area (TPSA) is 35.6 Å². The van der Waals surface area contributed by atoms with Gasteiger partial charge in [0, 0.05) is 32.2 Å². The molecule has 4 nitrogen and oxygen atoms in total. The maximum absolute atomic E-state index is 10.7. The second-order valence-electron chi connectivity index (χ2n) is 5.86. The van der Waals surface area contributed by atoms with Gasteiger partial charge in [0.15, 0.2) is 5.11 Å². The van der Waals surface area contributed by atoms with Gasteiger partial charge in [-0.2, -0.15) is 0 Å². The maximum Gasteiger partial charge on any atom is 0.209 e. The van der Waals surface area contributed by atoms with E-state index in [4.69, 9.17) is 12.2 Å². The third kappa shape index (κ3) is 2.32. The van der Waals surface area contributed by atoms with Crippen LogP contribution in [0.1, 0.15) is 25.7 Å². The van der Waals surface area contributed by atoms with E-state index >= 15 is 0 Å². The van der Waals surface area contributed by atoms with Crippen LogP contribution in [0.3, 0.4) is 0 Å². The quantitative estimate of drug-likeness (QED) is 0.594. The first-order chi connectivity index (χ1) is 8.76. The molecule has 0 aromatic carbocycles. The standard InChI is InChI=1S/C13H21N3OS/c17-9-15-3-5-16(6-4-15)13(18)14-12-8-10-1-2-11(12)7-10/h9-12H,1-8H2,(H,14,18)/t10-,11+,12+/m1/s1. The van der Waals surface area contributed by atoms with Gasteiger partial charge in [0.2, 0.25) is 6.41 Å². The number of thiocarbonyl (C=S) groups is 1. The van der Waals surface area contributed by atoms with Crippen molar-refractivity contribution in [3.8, 4) is 0 Å². The average Bonchev–Trinajstić information content (AvgIpc) is 3.01. The molecule has 2 aliphatic carbocycles. The molecule has 18 heavy (non-hydrogen) atoms. The summed E-state index contributed by atoms with van der Waals surface area (Å²) in [6.07, 6.45) is 6.44. The molecule has 1 aliphatic heterocycles. The number of piperazine rings is 1. The summed E-state index contributed by atoms with van der Waals surface area (Å²) in [6.45, 7) is 3.32. The van der Waals surface area contributed by atoms with Crippen molar-refractivity contribution >= 4 is 23.7 Å². The van der Waals surface area contributed by atoms with Crippen molar-refractivity contribution < 1.29 is 4.79 Å². The third-order valence-electron chi connectivity index (χ3n) is 4.80. The van der Waals surface area contributed by atoms with Crippen molar-refractivity contribution in [2.45, 2.75) is 31.7 Å². The fourth-order valence-corrected chi connectivity index (χ4v) is 4.04. The first-order valence-electron chi connectivity index (χ1n) is 7.01. The van der Waals surface area contributed by atoms with Crippen LogP contribution in [-0.4, -0.2) is 53.5 Å². The molecular formula is C13H21N3OS. The summed E-state index contributed by atoms with van der Waals surface area (Å²) in [4.78, 5) is 14.7. The van der Waals surface area contributed by atoms with Crippen LogP contribution in [0, 0.1) is 11.8 Å². The van der Waals surface area contributed by atoms with Gasteiger partial charge >= 0.3 is 0 Å². The van der Waals surface area contributed by atoms with E-state index in [0.29, 0.717) is 6.04 Å². The Morgan fingerprint density at radius 3 is 2.50 bits per heavy atom. The highest BCUT2D eigenvalue weighted by atomic mass is 32.1. The molecule has 0 radical (unpaired) electrons. The molecular weight excluding hydrogens is 246 g/mol. The molecule has 1 amide bonds. The normalized spacial score (nSPS) is 34.8. The molecule has 0 spiro atoms. The van der Waals surface area contributed by atoms with Crippen LogP contribution < -0.4 is 5.32 Å². The number of hydrogen-bond acceptors (Lipinski definition) is 2. The first kappa shape index (κ1) is 12.2. The second kappa shape index (κ2) is 5.03. The number of amides is 1. The Hall–Kier alpha value is -0.840. The second-order valence-corrected chi connectivity index (χ2v) is 6.25. The minimum absolute atomic E-state index is 0.611. The molecule has 0 unspecified atom stereocenters. The lowest BCUT2D eigenvalue weighted by molar-refractivity contribution is -0.119. The van der Waals surface area contributed by atoms with Crippen molar-refractivity contribution in [1.29, 1.82) is 0 Å². The maximum atomic E-state index is 10.7. The van der Waals surface area contributed by atoms with Crippen molar-refractivity contribution in [3.63, 3.8) is 0 Å². The molecule has 3 aliphatic rings. The average molecular weight is 267 g/mol. The van der Waals surface area contributed by atoms with Crippen molar-refractivity contribution in [2.75, 3.05) is 26.2 Å². The minimum Gasteiger partial charge on any atom is -0.360 e. The van der Waals surface area contributed by atoms with Crippen LogP contribution in [0.25, 0.3) is 0 Å². The van der Waals surface area contributed by atoms with Crippen LogP contribution in [0.2, 0.25) is 0 Å². The fraction of sp³-hybridized carbons (Fsp3) is 0.846. The Morgan fingerprint density at radius 1 is 1.17 bits per heavy atom. The molecule has 3 fully saturated rings. The van der Waals surface area contributed by atoms with Crippen molar-refractivity contribution in [3.05, 3.63) is 0 Å². The predicted molar refractivity (Wildman–Crippen MR) is 74.2 cm³/mol. The number of carbonyl (C=O) groups is 1. The van der Waals surface area contributed by atoms with E-state index in [1.807, 2.05) is 4.90 Å². The highest BCUT2D eigenvalue weighted by Gasteiger charge is 2.40. The van der Waals surface area contributed by atoms with Crippen molar-refractivity contribution in [1.82, 2.24) is 15.1 Å². The molecule has 1 heterocycles. The van der Waals surface area contributed by atoms with E-state index in [0.717, 1.165) is 49.5 Å². The molecule has 0 aromatic heterocycles. The zero-order valence-electron chi connectivity index (χ0n) is 10.7. The molecule has 0 aromatic rings. The number of fused-ring (bicyclic) bond motifs is 2. The van der Waals surface area contributed by atoms with Crippen LogP contribution in [0.4, 0.5) is 0 Å². The lowest BCUT2D eigenvalue weighted by atomic mass is 9.95. The van der Waals surface area contributed by atoms with E-state index in [-0.39, 0.29) is 0 Å². The molecule has 1 N–H and O–H groups in total.